The van der Waals surface area contributed by atoms with Crippen molar-refractivity contribution in [3.8, 4) is 17.2 Å². The molecule has 0 atom stereocenters. The topological polar surface area (TPSA) is 30.5 Å². The van der Waals surface area contributed by atoms with Crippen LogP contribution >= 0.6 is 0 Å². The molecular weight excluding hydrogens is 310 g/mol. The van der Waals surface area contributed by atoms with Crippen LogP contribution in [0, 0.1) is 6.92 Å². The van der Waals surface area contributed by atoms with Crippen LogP contribution in [-0.4, -0.2) is 13.2 Å². The molecule has 0 radical (unpaired) electrons. The Labute approximate surface area is 149 Å². The molecule has 0 saturated heterocycles. The van der Waals surface area contributed by atoms with Crippen LogP contribution in [0.1, 0.15) is 11.1 Å². The maximum Gasteiger partial charge on any atom is 0.127 e. The average molecular weight is 333 g/mol. The van der Waals surface area contributed by atoms with Crippen molar-refractivity contribution in [2.75, 3.05) is 13.2 Å². The number of benzene rings is 3. The molecule has 0 saturated carbocycles. The number of nitrogens with one attached hydrogen (secondary N) is 1. The molecule has 0 amide bonds. The van der Waals surface area contributed by atoms with Gasteiger partial charge >= 0.3 is 0 Å². The largest absolute Gasteiger partial charge is 0.492 e. The van der Waals surface area contributed by atoms with E-state index >= 15 is 0 Å². The van der Waals surface area contributed by atoms with Gasteiger partial charge in [-0.05, 0) is 48.9 Å². The number of hydrogen-bond acceptors (Lipinski definition) is 3. The number of aryl methyl sites for hydroxylation is 1. The van der Waals surface area contributed by atoms with Gasteiger partial charge in [-0.25, -0.2) is 0 Å². The average Bonchev–Trinajstić information content (AvgIpc) is 2.65. The normalized spacial score (nSPS) is 10.4. The van der Waals surface area contributed by atoms with Gasteiger partial charge in [0.25, 0.3) is 0 Å². The van der Waals surface area contributed by atoms with Crippen molar-refractivity contribution in [1.29, 1.82) is 0 Å². The molecule has 3 nitrogen and oxygen atoms in total. The summed E-state index contributed by atoms with van der Waals surface area (Å²) in [5, 5.41) is 3.37. The Kier molecular flexibility index (Phi) is 6.07. The molecule has 0 aliphatic heterocycles. The van der Waals surface area contributed by atoms with Gasteiger partial charge in [0.15, 0.2) is 0 Å². The van der Waals surface area contributed by atoms with Gasteiger partial charge in [0, 0.05) is 13.1 Å². The van der Waals surface area contributed by atoms with E-state index in [9.17, 15) is 0 Å². The number of ether oxygens (including phenoxy) is 2. The van der Waals surface area contributed by atoms with Crippen molar-refractivity contribution in [3.63, 3.8) is 0 Å². The monoisotopic (exact) mass is 333 g/mol. The van der Waals surface area contributed by atoms with E-state index in [4.69, 9.17) is 9.47 Å². The molecule has 0 aliphatic carbocycles. The Morgan fingerprint density at radius 1 is 0.720 bits per heavy atom. The summed E-state index contributed by atoms with van der Waals surface area (Å²) in [5.41, 5.74) is 2.50. The lowest BCUT2D eigenvalue weighted by Crippen LogP contribution is -2.20. The molecule has 0 aromatic heterocycles. The van der Waals surface area contributed by atoms with Crippen LogP contribution in [0.4, 0.5) is 0 Å². The van der Waals surface area contributed by atoms with E-state index in [-0.39, 0.29) is 0 Å². The second-order valence-corrected chi connectivity index (χ2v) is 5.90. The maximum absolute atomic E-state index is 5.81. The summed E-state index contributed by atoms with van der Waals surface area (Å²) in [4.78, 5) is 0. The highest BCUT2D eigenvalue weighted by Crippen LogP contribution is 2.24. The lowest BCUT2D eigenvalue weighted by Gasteiger charge is -2.09. The van der Waals surface area contributed by atoms with Crippen molar-refractivity contribution in [2.45, 2.75) is 13.5 Å². The summed E-state index contributed by atoms with van der Waals surface area (Å²) in [6, 6.07) is 26.1. The van der Waals surface area contributed by atoms with E-state index in [0.717, 1.165) is 30.3 Å². The zero-order valence-corrected chi connectivity index (χ0v) is 14.4. The summed E-state index contributed by atoms with van der Waals surface area (Å²) >= 11 is 0. The van der Waals surface area contributed by atoms with E-state index < -0.39 is 0 Å². The number of rotatable bonds is 8. The molecule has 0 bridgehead atoms. The summed E-state index contributed by atoms with van der Waals surface area (Å²) in [5.74, 6) is 2.49. The molecule has 25 heavy (non-hydrogen) atoms. The van der Waals surface area contributed by atoms with Crippen LogP contribution in [-0.2, 0) is 6.54 Å². The highest BCUT2D eigenvalue weighted by molar-refractivity contribution is 5.36. The Bertz CT molecular complexity index is 752. The molecule has 128 valence electrons. The van der Waals surface area contributed by atoms with Crippen LogP contribution in [0.25, 0.3) is 0 Å². The van der Waals surface area contributed by atoms with Gasteiger partial charge < -0.3 is 14.8 Å². The minimum absolute atomic E-state index is 0.630. The maximum atomic E-state index is 5.81. The number of hydrogen-bond donors (Lipinski definition) is 1. The second kappa shape index (κ2) is 8.90. The first-order valence-electron chi connectivity index (χ1n) is 8.52. The van der Waals surface area contributed by atoms with Gasteiger partial charge in [0.2, 0.25) is 0 Å². The molecule has 0 fully saturated rings. The van der Waals surface area contributed by atoms with Crippen LogP contribution < -0.4 is 14.8 Å². The highest BCUT2D eigenvalue weighted by atomic mass is 16.5. The third kappa shape index (κ3) is 5.66. The molecule has 0 heterocycles. The van der Waals surface area contributed by atoms with E-state index in [1.807, 2.05) is 66.7 Å². The Morgan fingerprint density at radius 3 is 2.00 bits per heavy atom. The van der Waals surface area contributed by atoms with Crippen LogP contribution in [0.2, 0.25) is 0 Å². The zero-order chi connectivity index (χ0) is 17.3. The van der Waals surface area contributed by atoms with Gasteiger partial charge in [-0.3, -0.25) is 0 Å². The van der Waals surface area contributed by atoms with Crippen molar-refractivity contribution in [3.05, 3.63) is 90.0 Å². The van der Waals surface area contributed by atoms with Gasteiger partial charge in [-0.2, -0.15) is 0 Å². The van der Waals surface area contributed by atoms with Crippen molar-refractivity contribution < 1.29 is 9.47 Å². The molecular formula is C22H23NO2. The molecule has 0 spiro atoms. The molecule has 3 aromatic rings. The third-order valence-electron chi connectivity index (χ3n) is 3.80. The van der Waals surface area contributed by atoms with Gasteiger partial charge in [-0.1, -0.05) is 48.0 Å². The molecule has 1 N–H and O–H groups in total. The first-order valence-corrected chi connectivity index (χ1v) is 8.52. The fourth-order valence-corrected chi connectivity index (χ4v) is 2.42. The lowest BCUT2D eigenvalue weighted by atomic mass is 10.2. The molecule has 3 aromatic carbocycles. The summed E-state index contributed by atoms with van der Waals surface area (Å²) < 4.78 is 11.6. The highest BCUT2D eigenvalue weighted by Gasteiger charge is 1.99. The van der Waals surface area contributed by atoms with Gasteiger partial charge in [-0.15, -0.1) is 0 Å². The lowest BCUT2D eigenvalue weighted by molar-refractivity contribution is 0.313. The first kappa shape index (κ1) is 17.1. The fraction of sp³-hybridized carbons (Fsp3) is 0.182. The van der Waals surface area contributed by atoms with Gasteiger partial charge in [0.1, 0.15) is 23.9 Å². The predicted octanol–water partition coefficient (Wildman–Crippen LogP) is 4.96. The molecule has 0 unspecified atom stereocenters. The summed E-state index contributed by atoms with van der Waals surface area (Å²) in [6.45, 7) is 4.35. The standard InChI is InChI=1S/C22H23NO2/c1-18-7-9-21(10-8-18)25-22-13-11-20(12-14-22)24-16-15-23-17-19-5-3-2-4-6-19/h2-14,23H,15-17H2,1H3. The van der Waals surface area contributed by atoms with Crippen LogP contribution in [0.3, 0.4) is 0 Å². The zero-order valence-electron chi connectivity index (χ0n) is 14.4. The first-order chi connectivity index (χ1) is 12.3. The SMILES string of the molecule is Cc1ccc(Oc2ccc(OCCNCc3ccccc3)cc2)cc1. The van der Waals surface area contributed by atoms with Crippen molar-refractivity contribution in [1.82, 2.24) is 5.32 Å². The molecule has 3 rings (SSSR count). The Morgan fingerprint density at radius 2 is 1.32 bits per heavy atom. The van der Waals surface area contributed by atoms with Gasteiger partial charge in [0.05, 0.1) is 0 Å². The Balaban J connectivity index is 1.39. The minimum atomic E-state index is 0.630. The van der Waals surface area contributed by atoms with E-state index in [0.29, 0.717) is 6.61 Å². The fourth-order valence-electron chi connectivity index (χ4n) is 2.42. The second-order valence-electron chi connectivity index (χ2n) is 5.90. The summed E-state index contributed by atoms with van der Waals surface area (Å²) in [6.07, 6.45) is 0. The smallest absolute Gasteiger partial charge is 0.127 e. The minimum Gasteiger partial charge on any atom is -0.492 e. The molecule has 0 aliphatic rings. The molecule has 3 heteroatoms. The van der Waals surface area contributed by atoms with E-state index in [2.05, 4.69) is 24.4 Å². The van der Waals surface area contributed by atoms with Crippen LogP contribution in [0.15, 0.2) is 78.9 Å². The van der Waals surface area contributed by atoms with E-state index in [1.54, 1.807) is 0 Å². The van der Waals surface area contributed by atoms with E-state index in [1.165, 1.54) is 11.1 Å². The summed E-state index contributed by atoms with van der Waals surface area (Å²) in [7, 11) is 0. The third-order valence-corrected chi connectivity index (χ3v) is 3.80. The van der Waals surface area contributed by atoms with Crippen LogP contribution in [0.5, 0.6) is 17.2 Å². The Hall–Kier alpha value is -2.78. The van der Waals surface area contributed by atoms with Crippen molar-refractivity contribution >= 4 is 0 Å². The quantitative estimate of drug-likeness (QED) is 0.591. The predicted molar refractivity (Wildman–Crippen MR) is 101 cm³/mol. The van der Waals surface area contributed by atoms with Crippen molar-refractivity contribution in [2.24, 2.45) is 0 Å².